The molecule has 0 aromatic heterocycles. The van der Waals surface area contributed by atoms with Crippen LogP contribution in [0.2, 0.25) is 0 Å². The van der Waals surface area contributed by atoms with Gasteiger partial charge in [-0.15, -0.1) is 0 Å². The number of nitrogens with zero attached hydrogens (tertiary/aromatic N) is 2. The molecule has 1 aromatic rings. The monoisotopic (exact) mass is 273 g/mol. The number of hydrogen-bond acceptors (Lipinski definition) is 3. The first-order valence-electron chi connectivity index (χ1n) is 7.42. The van der Waals surface area contributed by atoms with Gasteiger partial charge in [-0.2, -0.15) is 0 Å². The van der Waals surface area contributed by atoms with E-state index in [1.54, 1.807) is 0 Å². The van der Waals surface area contributed by atoms with Gasteiger partial charge in [-0.1, -0.05) is 6.07 Å². The lowest BCUT2D eigenvalue weighted by Crippen LogP contribution is -2.50. The molecule has 4 heteroatoms. The Morgan fingerprint density at radius 2 is 1.90 bits per heavy atom. The summed E-state index contributed by atoms with van der Waals surface area (Å²) in [4.78, 5) is 16.9. The van der Waals surface area contributed by atoms with E-state index < -0.39 is 0 Å². The first-order chi connectivity index (χ1) is 9.56. The maximum atomic E-state index is 12.8. The molecule has 2 unspecified atom stereocenters. The highest BCUT2D eigenvalue weighted by molar-refractivity contribution is 5.95. The van der Waals surface area contributed by atoms with Crippen molar-refractivity contribution in [1.82, 2.24) is 4.90 Å². The van der Waals surface area contributed by atoms with Crippen molar-refractivity contribution in [3.8, 4) is 0 Å². The number of hydrogen-bond donors (Lipinski definition) is 1. The van der Waals surface area contributed by atoms with E-state index in [9.17, 15) is 4.79 Å². The lowest BCUT2D eigenvalue weighted by atomic mass is 9.97. The van der Waals surface area contributed by atoms with Crippen molar-refractivity contribution in [2.24, 2.45) is 5.73 Å². The lowest BCUT2D eigenvalue weighted by molar-refractivity contribution is 0.0575. The maximum Gasteiger partial charge on any atom is 0.254 e. The van der Waals surface area contributed by atoms with E-state index in [1.807, 2.05) is 43.3 Å². The van der Waals surface area contributed by atoms with Crippen LogP contribution in [0.5, 0.6) is 0 Å². The predicted molar refractivity (Wildman–Crippen MR) is 81.0 cm³/mol. The Morgan fingerprint density at radius 1 is 1.25 bits per heavy atom. The van der Waals surface area contributed by atoms with Crippen LogP contribution in [0.3, 0.4) is 0 Å². The molecule has 3 rings (SSSR count). The number of anilines is 1. The highest BCUT2D eigenvalue weighted by Gasteiger charge is 2.42. The van der Waals surface area contributed by atoms with Crippen molar-refractivity contribution in [2.75, 3.05) is 19.0 Å². The molecular weight excluding hydrogens is 250 g/mol. The molecule has 1 amide bonds. The second kappa shape index (κ2) is 5.09. The van der Waals surface area contributed by atoms with Crippen molar-refractivity contribution < 1.29 is 4.79 Å². The quantitative estimate of drug-likeness (QED) is 0.894. The Balaban J connectivity index is 1.84. The maximum absolute atomic E-state index is 12.8. The third kappa shape index (κ3) is 2.29. The lowest BCUT2D eigenvalue weighted by Gasteiger charge is -2.37. The molecule has 2 heterocycles. The molecule has 4 nitrogen and oxygen atoms in total. The molecule has 0 radical (unpaired) electrons. The average molecular weight is 273 g/mol. The minimum Gasteiger partial charge on any atom is -0.378 e. The van der Waals surface area contributed by atoms with E-state index in [4.69, 9.17) is 5.73 Å². The molecule has 2 aliphatic rings. The number of nitrogens with two attached hydrogens (primary N) is 1. The Bertz CT molecular complexity index is 500. The van der Waals surface area contributed by atoms with Gasteiger partial charge in [0, 0.05) is 43.5 Å². The summed E-state index contributed by atoms with van der Waals surface area (Å²) in [5, 5.41) is 0. The van der Waals surface area contributed by atoms with Gasteiger partial charge in [0.25, 0.3) is 5.91 Å². The van der Waals surface area contributed by atoms with Gasteiger partial charge in [-0.25, -0.2) is 0 Å². The Kier molecular flexibility index (Phi) is 3.42. The van der Waals surface area contributed by atoms with Crippen molar-refractivity contribution in [3.63, 3.8) is 0 Å². The average Bonchev–Trinajstić information content (AvgIpc) is 2.70. The summed E-state index contributed by atoms with van der Waals surface area (Å²) in [6, 6.07) is 8.85. The largest absolute Gasteiger partial charge is 0.378 e. The molecule has 2 fully saturated rings. The fourth-order valence-corrected chi connectivity index (χ4v) is 3.62. The third-order valence-corrected chi connectivity index (χ3v) is 4.61. The third-order valence-electron chi connectivity index (χ3n) is 4.61. The topological polar surface area (TPSA) is 49.6 Å². The van der Waals surface area contributed by atoms with Gasteiger partial charge in [-0.3, -0.25) is 4.79 Å². The second-order valence-electron chi connectivity index (χ2n) is 6.27. The van der Waals surface area contributed by atoms with Gasteiger partial charge in [0.15, 0.2) is 0 Å². The van der Waals surface area contributed by atoms with Gasteiger partial charge in [0.2, 0.25) is 0 Å². The van der Waals surface area contributed by atoms with E-state index in [-0.39, 0.29) is 11.9 Å². The molecule has 0 saturated carbocycles. The first kappa shape index (κ1) is 13.4. The number of carbonyl (C=O) groups excluding carboxylic acids is 1. The van der Waals surface area contributed by atoms with Crippen molar-refractivity contribution in [1.29, 1.82) is 0 Å². The standard InChI is InChI=1S/C16H23N3O/c1-18(2)13-5-3-4-11(8-13)16(20)19-14-6-7-15(19)10-12(17)9-14/h3-5,8,12,14-15H,6-7,9-10,17H2,1-2H3. The summed E-state index contributed by atoms with van der Waals surface area (Å²) in [7, 11) is 3.99. The number of rotatable bonds is 2. The van der Waals surface area contributed by atoms with Crippen LogP contribution in [0, 0.1) is 0 Å². The summed E-state index contributed by atoms with van der Waals surface area (Å²) in [5.41, 5.74) is 7.94. The van der Waals surface area contributed by atoms with E-state index in [2.05, 4.69) is 4.90 Å². The Morgan fingerprint density at radius 3 is 2.50 bits per heavy atom. The normalized spacial score (nSPS) is 28.6. The molecule has 2 N–H and O–H groups in total. The molecule has 20 heavy (non-hydrogen) atoms. The molecule has 1 aromatic carbocycles. The first-order valence-corrected chi connectivity index (χ1v) is 7.42. The Hall–Kier alpha value is -1.55. The minimum absolute atomic E-state index is 0.174. The second-order valence-corrected chi connectivity index (χ2v) is 6.27. The molecule has 0 aliphatic carbocycles. The van der Waals surface area contributed by atoms with Crippen LogP contribution < -0.4 is 10.6 Å². The van der Waals surface area contributed by atoms with E-state index >= 15 is 0 Å². The number of carbonyl (C=O) groups is 1. The number of benzene rings is 1. The summed E-state index contributed by atoms with van der Waals surface area (Å²) >= 11 is 0. The number of piperidine rings is 1. The number of amides is 1. The van der Waals surface area contributed by atoms with Gasteiger partial charge < -0.3 is 15.5 Å². The summed E-state index contributed by atoms with van der Waals surface area (Å²) in [5.74, 6) is 0.174. The van der Waals surface area contributed by atoms with E-state index in [0.29, 0.717) is 12.1 Å². The van der Waals surface area contributed by atoms with Crippen molar-refractivity contribution in [3.05, 3.63) is 29.8 Å². The summed E-state index contributed by atoms with van der Waals surface area (Å²) in [6.07, 6.45) is 4.13. The molecule has 108 valence electrons. The molecular formula is C16H23N3O. The van der Waals surface area contributed by atoms with Gasteiger partial charge in [0.05, 0.1) is 0 Å². The molecule has 2 saturated heterocycles. The highest BCUT2D eigenvalue weighted by atomic mass is 16.2. The zero-order chi connectivity index (χ0) is 14.3. The van der Waals surface area contributed by atoms with Crippen molar-refractivity contribution in [2.45, 2.75) is 43.8 Å². The zero-order valence-corrected chi connectivity index (χ0v) is 12.2. The van der Waals surface area contributed by atoms with Crippen LogP contribution in [0.4, 0.5) is 5.69 Å². The SMILES string of the molecule is CN(C)c1cccc(C(=O)N2C3CCC2CC(N)C3)c1. The zero-order valence-electron chi connectivity index (χ0n) is 12.2. The van der Waals surface area contributed by atoms with Gasteiger partial charge in [0.1, 0.15) is 0 Å². The minimum atomic E-state index is 0.174. The fourth-order valence-electron chi connectivity index (χ4n) is 3.62. The highest BCUT2D eigenvalue weighted by Crippen LogP contribution is 2.36. The van der Waals surface area contributed by atoms with Crippen LogP contribution in [-0.4, -0.2) is 43.0 Å². The van der Waals surface area contributed by atoms with Gasteiger partial charge >= 0.3 is 0 Å². The van der Waals surface area contributed by atoms with Gasteiger partial charge in [-0.05, 0) is 43.9 Å². The van der Waals surface area contributed by atoms with Crippen LogP contribution in [0.15, 0.2) is 24.3 Å². The van der Waals surface area contributed by atoms with Crippen molar-refractivity contribution >= 4 is 11.6 Å². The molecule has 2 atom stereocenters. The fraction of sp³-hybridized carbons (Fsp3) is 0.562. The molecule has 2 aliphatic heterocycles. The number of fused-ring (bicyclic) bond motifs is 2. The summed E-state index contributed by atoms with van der Waals surface area (Å²) < 4.78 is 0. The summed E-state index contributed by atoms with van der Waals surface area (Å²) in [6.45, 7) is 0. The van der Waals surface area contributed by atoms with Crippen LogP contribution >= 0.6 is 0 Å². The molecule has 0 spiro atoms. The van der Waals surface area contributed by atoms with E-state index in [0.717, 1.165) is 36.9 Å². The van der Waals surface area contributed by atoms with E-state index in [1.165, 1.54) is 0 Å². The van der Waals surface area contributed by atoms with Crippen LogP contribution in [0.25, 0.3) is 0 Å². The van der Waals surface area contributed by atoms with Crippen LogP contribution in [0.1, 0.15) is 36.0 Å². The van der Waals surface area contributed by atoms with Crippen LogP contribution in [-0.2, 0) is 0 Å². The predicted octanol–water partition coefficient (Wildman–Crippen LogP) is 1.85. The Labute approximate surface area is 120 Å². The smallest absolute Gasteiger partial charge is 0.254 e. The molecule has 2 bridgehead atoms.